The van der Waals surface area contributed by atoms with E-state index in [-0.39, 0.29) is 15.6 Å². The molecule has 0 aliphatic rings. The molecule has 0 aliphatic carbocycles. The molecule has 4 aromatic rings. The van der Waals surface area contributed by atoms with Gasteiger partial charge in [-0.2, -0.15) is 13.2 Å². The maximum Gasteiger partial charge on any atom is 0.416 e. The molecule has 4 aromatic carbocycles. The molecule has 0 saturated heterocycles. The Balaban J connectivity index is 1.35. The first-order chi connectivity index (χ1) is 18.5. The molecule has 0 fully saturated rings. The van der Waals surface area contributed by atoms with Gasteiger partial charge in [0.2, 0.25) is 0 Å². The molecule has 3 amide bonds. The van der Waals surface area contributed by atoms with E-state index in [4.69, 9.17) is 39.5 Å². The number of alkyl halides is 3. The van der Waals surface area contributed by atoms with Gasteiger partial charge in [0.15, 0.2) is 0 Å². The molecule has 0 atom stereocenters. The van der Waals surface area contributed by atoms with Gasteiger partial charge in [-0.25, -0.2) is 4.79 Å². The van der Waals surface area contributed by atoms with Gasteiger partial charge in [0.25, 0.3) is 5.91 Å². The summed E-state index contributed by atoms with van der Waals surface area (Å²) >= 11 is 19.5. The minimum absolute atomic E-state index is 0.0400. The molecule has 5 nitrogen and oxygen atoms in total. The molecule has 0 unspecified atom stereocenters. The maximum absolute atomic E-state index is 12.9. The Labute approximate surface area is 240 Å². The Morgan fingerprint density at radius 3 is 1.97 bits per heavy atom. The predicted molar refractivity (Wildman–Crippen MR) is 146 cm³/mol. The van der Waals surface area contributed by atoms with E-state index in [1.54, 1.807) is 60.7 Å². The van der Waals surface area contributed by atoms with E-state index in [2.05, 4.69) is 10.6 Å². The number of benzene rings is 4. The highest BCUT2D eigenvalue weighted by Gasteiger charge is 2.31. The minimum atomic E-state index is -4.49. The molecule has 39 heavy (non-hydrogen) atoms. The molecule has 2 N–H and O–H groups in total. The van der Waals surface area contributed by atoms with Crippen molar-refractivity contribution in [2.75, 3.05) is 5.32 Å². The fourth-order valence-corrected chi connectivity index (χ4v) is 4.85. The van der Waals surface area contributed by atoms with Crippen LogP contribution in [0.1, 0.15) is 15.9 Å². The lowest BCUT2D eigenvalue weighted by Gasteiger charge is -2.12. The molecule has 0 heterocycles. The van der Waals surface area contributed by atoms with Gasteiger partial charge in [-0.05, 0) is 66.7 Å². The molecule has 0 aromatic heterocycles. The van der Waals surface area contributed by atoms with Crippen molar-refractivity contribution in [3.63, 3.8) is 0 Å². The molecular weight excluding hydrogens is 596 g/mol. The summed E-state index contributed by atoms with van der Waals surface area (Å²) in [4.78, 5) is 25.4. The minimum Gasteiger partial charge on any atom is -0.457 e. The summed E-state index contributed by atoms with van der Waals surface area (Å²) in [5.74, 6) is 0.208. The van der Waals surface area contributed by atoms with Crippen LogP contribution in [0.2, 0.25) is 15.1 Å². The average molecular weight is 612 g/mol. The lowest BCUT2D eigenvalue weighted by molar-refractivity contribution is -0.137. The Morgan fingerprint density at radius 2 is 1.36 bits per heavy atom. The zero-order chi connectivity index (χ0) is 28.2. The Hall–Kier alpha value is -3.37. The van der Waals surface area contributed by atoms with Crippen LogP contribution in [0.25, 0.3) is 0 Å². The van der Waals surface area contributed by atoms with Crippen molar-refractivity contribution < 1.29 is 27.5 Å². The van der Waals surface area contributed by atoms with Crippen LogP contribution in [-0.2, 0) is 6.18 Å². The second-order valence-corrected chi connectivity index (χ2v) is 10.2. The topological polar surface area (TPSA) is 67.4 Å². The van der Waals surface area contributed by atoms with E-state index in [0.29, 0.717) is 32.0 Å². The number of anilines is 1. The van der Waals surface area contributed by atoms with Crippen molar-refractivity contribution in [1.29, 1.82) is 0 Å². The third-order valence-electron chi connectivity index (χ3n) is 5.08. The molecule has 0 bridgehead atoms. The second kappa shape index (κ2) is 12.2. The molecular formula is C27H16Cl3F3N2O3S. The van der Waals surface area contributed by atoms with Gasteiger partial charge >= 0.3 is 12.2 Å². The van der Waals surface area contributed by atoms with Crippen LogP contribution in [0.4, 0.5) is 23.7 Å². The summed E-state index contributed by atoms with van der Waals surface area (Å²) in [5, 5.41) is 5.24. The highest BCUT2D eigenvalue weighted by molar-refractivity contribution is 7.99. The molecule has 4 rings (SSSR count). The first-order valence-corrected chi connectivity index (χ1v) is 12.9. The van der Waals surface area contributed by atoms with Crippen LogP contribution in [0.5, 0.6) is 11.5 Å². The monoisotopic (exact) mass is 610 g/mol. The number of ether oxygens (including phenoxy) is 1. The molecule has 0 aliphatic heterocycles. The van der Waals surface area contributed by atoms with E-state index < -0.39 is 23.7 Å². The van der Waals surface area contributed by atoms with Crippen LogP contribution in [0, 0.1) is 0 Å². The van der Waals surface area contributed by atoms with E-state index in [1.165, 1.54) is 12.1 Å². The van der Waals surface area contributed by atoms with Crippen molar-refractivity contribution in [3.8, 4) is 11.5 Å². The summed E-state index contributed by atoms with van der Waals surface area (Å²) < 4.78 is 44.4. The highest BCUT2D eigenvalue weighted by atomic mass is 35.5. The number of carbonyl (C=O) groups excluding carboxylic acids is 2. The van der Waals surface area contributed by atoms with E-state index in [1.807, 2.05) is 0 Å². The van der Waals surface area contributed by atoms with Crippen molar-refractivity contribution >= 4 is 64.2 Å². The van der Waals surface area contributed by atoms with E-state index in [0.717, 1.165) is 23.9 Å². The zero-order valence-corrected chi connectivity index (χ0v) is 22.6. The molecule has 200 valence electrons. The van der Waals surface area contributed by atoms with Crippen molar-refractivity contribution in [2.45, 2.75) is 16.0 Å². The van der Waals surface area contributed by atoms with Gasteiger partial charge in [-0.15, -0.1) is 0 Å². The van der Waals surface area contributed by atoms with Gasteiger partial charge in [-0.3, -0.25) is 10.1 Å². The SMILES string of the molecule is O=C(NC(=O)c1ccccc1Cl)Nc1ccc(Oc2ccc(Sc3ccc(C(F)(F)F)cc3Cl)c(Cl)c2)cc1. The fraction of sp³-hybridized carbons (Fsp3) is 0.0370. The Morgan fingerprint density at radius 1 is 0.744 bits per heavy atom. The summed E-state index contributed by atoms with van der Waals surface area (Å²) in [6.45, 7) is 0. The first-order valence-electron chi connectivity index (χ1n) is 11.0. The zero-order valence-electron chi connectivity index (χ0n) is 19.5. The molecule has 12 heteroatoms. The fourth-order valence-electron chi connectivity index (χ4n) is 3.23. The Bertz CT molecular complexity index is 1530. The maximum atomic E-state index is 12.9. The summed E-state index contributed by atoms with van der Waals surface area (Å²) in [7, 11) is 0. The number of nitrogens with one attached hydrogen (secondary N) is 2. The smallest absolute Gasteiger partial charge is 0.416 e. The molecule has 0 spiro atoms. The van der Waals surface area contributed by atoms with Gasteiger partial charge in [0.05, 0.1) is 26.2 Å². The van der Waals surface area contributed by atoms with Crippen LogP contribution in [-0.4, -0.2) is 11.9 Å². The number of urea groups is 1. The number of imide groups is 1. The van der Waals surface area contributed by atoms with Crippen molar-refractivity contribution in [1.82, 2.24) is 5.32 Å². The third-order valence-corrected chi connectivity index (χ3v) is 7.41. The average Bonchev–Trinajstić information content (AvgIpc) is 2.87. The third kappa shape index (κ3) is 7.60. The second-order valence-electron chi connectivity index (χ2n) is 7.85. The van der Waals surface area contributed by atoms with Crippen molar-refractivity contribution in [2.24, 2.45) is 0 Å². The molecule has 0 saturated carbocycles. The first kappa shape index (κ1) is 28.6. The number of rotatable bonds is 6. The Kier molecular flexibility index (Phi) is 8.97. The quantitative estimate of drug-likeness (QED) is 0.228. The van der Waals surface area contributed by atoms with Gasteiger partial charge in [-0.1, -0.05) is 58.7 Å². The highest BCUT2D eigenvalue weighted by Crippen LogP contribution is 2.41. The van der Waals surface area contributed by atoms with Crippen LogP contribution in [0.3, 0.4) is 0 Å². The molecule has 0 radical (unpaired) electrons. The van der Waals surface area contributed by atoms with Gasteiger partial charge in [0, 0.05) is 21.5 Å². The lowest BCUT2D eigenvalue weighted by atomic mass is 10.2. The summed E-state index contributed by atoms with van der Waals surface area (Å²) in [6.07, 6.45) is -4.49. The normalized spacial score (nSPS) is 11.1. The number of hydrogen-bond donors (Lipinski definition) is 2. The predicted octanol–water partition coefficient (Wildman–Crippen LogP) is 9.57. The number of hydrogen-bond acceptors (Lipinski definition) is 4. The number of amides is 3. The van der Waals surface area contributed by atoms with Gasteiger partial charge in [0.1, 0.15) is 11.5 Å². The number of carbonyl (C=O) groups is 2. The summed E-state index contributed by atoms with van der Waals surface area (Å²) in [5.41, 5.74) is -0.257. The summed E-state index contributed by atoms with van der Waals surface area (Å²) in [6, 6.07) is 19.9. The van der Waals surface area contributed by atoms with Crippen LogP contribution in [0.15, 0.2) is 94.7 Å². The van der Waals surface area contributed by atoms with Crippen LogP contribution >= 0.6 is 46.6 Å². The largest absolute Gasteiger partial charge is 0.457 e. The van der Waals surface area contributed by atoms with E-state index >= 15 is 0 Å². The standard InChI is InChI=1S/C27H16Cl3F3N2O3S/c28-20-4-2-1-3-19(20)25(36)35-26(37)34-16-6-8-17(9-7-16)38-18-10-12-24(22(30)14-18)39-23-11-5-15(13-21(23)29)27(31,32)33/h1-14H,(H2,34,35,36,37). The van der Waals surface area contributed by atoms with Crippen molar-refractivity contribution in [3.05, 3.63) is 111 Å². The number of halogens is 6. The van der Waals surface area contributed by atoms with E-state index in [9.17, 15) is 22.8 Å². The van der Waals surface area contributed by atoms with Crippen LogP contribution < -0.4 is 15.4 Å². The van der Waals surface area contributed by atoms with Gasteiger partial charge < -0.3 is 10.1 Å². The lowest BCUT2D eigenvalue weighted by Crippen LogP contribution is -2.34.